The summed E-state index contributed by atoms with van der Waals surface area (Å²) in [5, 5.41) is 0. The van der Waals surface area contributed by atoms with E-state index in [9.17, 15) is 18.0 Å². The van der Waals surface area contributed by atoms with Crippen molar-refractivity contribution in [2.24, 2.45) is 5.92 Å². The maximum absolute atomic E-state index is 12.9. The van der Waals surface area contributed by atoms with Crippen molar-refractivity contribution >= 4 is 11.9 Å². The van der Waals surface area contributed by atoms with Crippen LogP contribution in [-0.2, 0) is 4.74 Å². The molecule has 98 valence electrons. The minimum absolute atomic E-state index is 0.0810. The van der Waals surface area contributed by atoms with Crippen molar-refractivity contribution in [3.8, 4) is 0 Å². The molecular formula is C10H10F3N3O2. The molecule has 1 fully saturated rings. The maximum Gasteiger partial charge on any atom is 0.415 e. The van der Waals surface area contributed by atoms with Gasteiger partial charge in [0.2, 0.25) is 6.43 Å². The smallest absolute Gasteiger partial charge is 0.415 e. The van der Waals surface area contributed by atoms with E-state index in [1.807, 2.05) is 0 Å². The first-order valence-corrected chi connectivity index (χ1v) is 5.23. The monoisotopic (exact) mass is 261 g/mol. The second-order valence-electron chi connectivity index (χ2n) is 3.89. The molecule has 0 spiro atoms. The summed E-state index contributed by atoms with van der Waals surface area (Å²) in [6.45, 7) is 1.12. The van der Waals surface area contributed by atoms with Crippen LogP contribution in [0, 0.1) is 12.0 Å². The number of hydrogen-bond donors (Lipinski definition) is 0. The average Bonchev–Trinajstić information content (AvgIpc) is 2.70. The van der Waals surface area contributed by atoms with Gasteiger partial charge >= 0.3 is 12.2 Å². The third kappa shape index (κ3) is 2.22. The van der Waals surface area contributed by atoms with Gasteiger partial charge in [-0.3, -0.25) is 4.90 Å². The first kappa shape index (κ1) is 12.6. The molecule has 1 amide bonds. The van der Waals surface area contributed by atoms with Crippen LogP contribution < -0.4 is 4.90 Å². The van der Waals surface area contributed by atoms with Gasteiger partial charge < -0.3 is 4.74 Å². The molecule has 18 heavy (non-hydrogen) atoms. The molecule has 8 heteroatoms. The van der Waals surface area contributed by atoms with Crippen LogP contribution in [0.4, 0.5) is 23.8 Å². The second kappa shape index (κ2) is 4.79. The van der Waals surface area contributed by atoms with Gasteiger partial charge in [-0.25, -0.2) is 18.6 Å². The largest absolute Gasteiger partial charge is 0.447 e. The molecule has 0 saturated carbocycles. The fraction of sp³-hybridized carbons (Fsp3) is 0.500. The first-order chi connectivity index (χ1) is 8.50. The van der Waals surface area contributed by atoms with Crippen LogP contribution in [0.2, 0.25) is 0 Å². The minimum Gasteiger partial charge on any atom is -0.447 e. The van der Waals surface area contributed by atoms with Gasteiger partial charge in [0.05, 0.1) is 6.04 Å². The lowest BCUT2D eigenvalue weighted by Gasteiger charge is -2.24. The Bertz CT molecular complexity index is 458. The molecule has 1 aromatic rings. The zero-order chi connectivity index (χ0) is 13.3. The molecule has 1 aliphatic heterocycles. The lowest BCUT2D eigenvalue weighted by Crippen LogP contribution is -2.41. The van der Waals surface area contributed by atoms with E-state index >= 15 is 0 Å². The number of amides is 1. The topological polar surface area (TPSA) is 55.3 Å². The number of nitrogens with zero attached hydrogens (tertiary/aromatic N) is 3. The van der Waals surface area contributed by atoms with Crippen molar-refractivity contribution in [1.29, 1.82) is 0 Å². The van der Waals surface area contributed by atoms with E-state index in [2.05, 4.69) is 9.97 Å². The Kier molecular flexibility index (Phi) is 3.35. The molecule has 0 bridgehead atoms. The predicted octanol–water partition coefficient (Wildman–Crippen LogP) is 1.84. The van der Waals surface area contributed by atoms with Gasteiger partial charge in [-0.05, 0) is 6.07 Å². The normalized spacial score (nSPS) is 21.3. The van der Waals surface area contributed by atoms with Crippen molar-refractivity contribution in [3.63, 3.8) is 0 Å². The predicted molar refractivity (Wildman–Crippen MR) is 54.8 cm³/mol. The number of alkyl halides is 2. The van der Waals surface area contributed by atoms with Gasteiger partial charge in [0, 0.05) is 12.1 Å². The number of carbonyl (C=O) groups excluding carboxylic acids is 1. The molecule has 2 rings (SSSR count). The number of anilines is 1. The highest BCUT2D eigenvalue weighted by Gasteiger charge is 2.41. The standard InChI is InChI=1S/C10H10F3N3O2/c1-5(8(11)12)6-4-18-10(17)16(6)7-2-3-14-9(13)15-7/h2-3,5-6,8H,4H2,1H3/t5-,6?/m1/s1. The number of ether oxygens (including phenoxy) is 1. The van der Waals surface area contributed by atoms with Gasteiger partial charge in [-0.2, -0.15) is 9.37 Å². The molecule has 0 N–H and O–H groups in total. The summed E-state index contributed by atoms with van der Waals surface area (Å²) in [6.07, 6.45) is -3.35. The summed E-state index contributed by atoms with van der Waals surface area (Å²) >= 11 is 0. The molecular weight excluding hydrogens is 251 g/mol. The van der Waals surface area contributed by atoms with Crippen molar-refractivity contribution in [2.75, 3.05) is 11.5 Å². The van der Waals surface area contributed by atoms with E-state index in [0.717, 1.165) is 11.1 Å². The third-order valence-corrected chi connectivity index (χ3v) is 2.77. The number of halogens is 3. The summed E-state index contributed by atoms with van der Waals surface area (Å²) < 4.78 is 43.0. The van der Waals surface area contributed by atoms with E-state index in [1.165, 1.54) is 13.0 Å². The van der Waals surface area contributed by atoms with E-state index in [4.69, 9.17) is 4.74 Å². The Labute approximate surface area is 101 Å². The summed E-state index contributed by atoms with van der Waals surface area (Å²) in [7, 11) is 0. The van der Waals surface area contributed by atoms with Gasteiger partial charge in [0.25, 0.3) is 0 Å². The van der Waals surface area contributed by atoms with E-state index in [-0.39, 0.29) is 12.4 Å². The van der Waals surface area contributed by atoms with Crippen molar-refractivity contribution < 1.29 is 22.7 Å². The van der Waals surface area contributed by atoms with Gasteiger partial charge in [-0.1, -0.05) is 6.92 Å². The van der Waals surface area contributed by atoms with Crippen molar-refractivity contribution in [3.05, 3.63) is 18.3 Å². The van der Waals surface area contributed by atoms with Crippen LogP contribution in [0.25, 0.3) is 0 Å². The number of aromatic nitrogens is 2. The Morgan fingerprint density at radius 3 is 2.89 bits per heavy atom. The molecule has 0 radical (unpaired) electrons. The van der Waals surface area contributed by atoms with Gasteiger partial charge in [0.15, 0.2) is 0 Å². The second-order valence-corrected chi connectivity index (χ2v) is 3.89. The summed E-state index contributed by atoms with van der Waals surface area (Å²) in [5.41, 5.74) is 0. The van der Waals surface area contributed by atoms with Gasteiger partial charge in [-0.15, -0.1) is 0 Å². The zero-order valence-electron chi connectivity index (χ0n) is 9.39. The summed E-state index contributed by atoms with van der Waals surface area (Å²) in [6, 6.07) is 0.396. The van der Waals surface area contributed by atoms with Crippen LogP contribution in [0.1, 0.15) is 6.92 Å². The number of rotatable bonds is 3. The van der Waals surface area contributed by atoms with Crippen LogP contribution in [-0.4, -0.2) is 35.1 Å². The van der Waals surface area contributed by atoms with Crippen LogP contribution in [0.15, 0.2) is 12.3 Å². The molecule has 5 nitrogen and oxygen atoms in total. The van der Waals surface area contributed by atoms with Gasteiger partial charge in [0.1, 0.15) is 12.4 Å². The molecule has 0 aromatic carbocycles. The Balaban J connectivity index is 2.31. The zero-order valence-corrected chi connectivity index (χ0v) is 9.39. The third-order valence-electron chi connectivity index (χ3n) is 2.77. The van der Waals surface area contributed by atoms with E-state index < -0.39 is 30.6 Å². The molecule has 1 unspecified atom stereocenters. The highest BCUT2D eigenvalue weighted by Crippen LogP contribution is 2.28. The van der Waals surface area contributed by atoms with Crippen LogP contribution in [0.3, 0.4) is 0 Å². The lowest BCUT2D eigenvalue weighted by molar-refractivity contribution is 0.0685. The molecule has 2 atom stereocenters. The molecule has 1 aliphatic rings. The maximum atomic E-state index is 12.9. The average molecular weight is 261 g/mol. The fourth-order valence-corrected chi connectivity index (χ4v) is 1.71. The Morgan fingerprint density at radius 1 is 1.56 bits per heavy atom. The molecule has 2 heterocycles. The highest BCUT2D eigenvalue weighted by atomic mass is 19.3. The van der Waals surface area contributed by atoms with E-state index in [0.29, 0.717) is 0 Å². The highest BCUT2D eigenvalue weighted by molar-refractivity contribution is 5.89. The SMILES string of the molecule is C[C@@H](C(F)F)C1COC(=O)N1c1ccnc(F)n1. The Hall–Kier alpha value is -1.86. The minimum atomic E-state index is -2.61. The number of carbonyl (C=O) groups is 1. The van der Waals surface area contributed by atoms with Crippen LogP contribution in [0.5, 0.6) is 0 Å². The lowest BCUT2D eigenvalue weighted by atomic mass is 10.0. The molecule has 1 aromatic heterocycles. The van der Waals surface area contributed by atoms with Crippen molar-refractivity contribution in [1.82, 2.24) is 9.97 Å². The Morgan fingerprint density at radius 2 is 2.28 bits per heavy atom. The summed E-state index contributed by atoms with van der Waals surface area (Å²) in [5.74, 6) is -1.18. The quantitative estimate of drug-likeness (QED) is 0.779. The van der Waals surface area contributed by atoms with Crippen LogP contribution >= 0.6 is 0 Å². The molecule has 0 aliphatic carbocycles. The van der Waals surface area contributed by atoms with Crippen molar-refractivity contribution in [2.45, 2.75) is 19.4 Å². The molecule has 1 saturated heterocycles. The summed E-state index contributed by atoms with van der Waals surface area (Å²) in [4.78, 5) is 19.1. The first-order valence-electron chi connectivity index (χ1n) is 5.23. The number of hydrogen-bond acceptors (Lipinski definition) is 4. The number of cyclic esters (lactones) is 1. The van der Waals surface area contributed by atoms with E-state index in [1.54, 1.807) is 0 Å². The fourth-order valence-electron chi connectivity index (χ4n) is 1.71.